The summed E-state index contributed by atoms with van der Waals surface area (Å²) >= 11 is 1.84. The van der Waals surface area contributed by atoms with E-state index in [2.05, 4.69) is 26.1 Å². The molecule has 0 aliphatic carbocycles. The first-order chi connectivity index (χ1) is 5.66. The predicted molar refractivity (Wildman–Crippen MR) is 56.8 cm³/mol. The Kier molecular flexibility index (Phi) is 8.07. The molecule has 3 heteroatoms. The third-order valence-corrected chi connectivity index (χ3v) is 2.78. The van der Waals surface area contributed by atoms with Crippen molar-refractivity contribution in [3.8, 4) is 0 Å². The molecule has 0 fully saturated rings. The Morgan fingerprint density at radius 2 is 2.00 bits per heavy atom. The zero-order valence-electron chi connectivity index (χ0n) is 8.34. The van der Waals surface area contributed by atoms with Gasteiger partial charge in [0.05, 0.1) is 6.61 Å². The van der Waals surface area contributed by atoms with Crippen LogP contribution < -0.4 is 5.32 Å². The average Bonchev–Trinajstić information content (AvgIpc) is 2.03. The van der Waals surface area contributed by atoms with Crippen molar-refractivity contribution in [2.75, 3.05) is 18.9 Å². The van der Waals surface area contributed by atoms with Crippen molar-refractivity contribution >= 4 is 11.8 Å². The molecular weight excluding hydrogens is 170 g/mol. The van der Waals surface area contributed by atoms with E-state index >= 15 is 0 Å². The summed E-state index contributed by atoms with van der Waals surface area (Å²) in [7, 11) is 0. The van der Waals surface area contributed by atoms with E-state index in [1.165, 1.54) is 6.42 Å². The van der Waals surface area contributed by atoms with Gasteiger partial charge < -0.3 is 10.4 Å². The standard InChI is InChI=1S/C9H21NOS/c1-8(2)10-5-4-6-12-9(3)7-11/h8-11H,4-7H2,1-3H3. The molecule has 1 unspecified atom stereocenters. The molecule has 0 saturated carbocycles. The molecule has 0 aromatic carbocycles. The van der Waals surface area contributed by atoms with Crippen LogP contribution in [0.15, 0.2) is 0 Å². The average molecular weight is 191 g/mol. The van der Waals surface area contributed by atoms with E-state index in [0.717, 1.165) is 12.3 Å². The van der Waals surface area contributed by atoms with Gasteiger partial charge in [0.15, 0.2) is 0 Å². The van der Waals surface area contributed by atoms with E-state index in [1.54, 1.807) is 0 Å². The van der Waals surface area contributed by atoms with Crippen LogP contribution in [0.4, 0.5) is 0 Å². The molecule has 0 aromatic heterocycles. The summed E-state index contributed by atoms with van der Waals surface area (Å²) in [5.74, 6) is 1.14. The second-order valence-electron chi connectivity index (χ2n) is 3.33. The van der Waals surface area contributed by atoms with E-state index < -0.39 is 0 Å². The first-order valence-electron chi connectivity index (χ1n) is 4.62. The summed E-state index contributed by atoms with van der Waals surface area (Å²) in [4.78, 5) is 0. The highest BCUT2D eigenvalue weighted by atomic mass is 32.2. The van der Waals surface area contributed by atoms with Crippen molar-refractivity contribution in [1.29, 1.82) is 0 Å². The Hall–Kier alpha value is 0.270. The maximum absolute atomic E-state index is 8.74. The fourth-order valence-corrected chi connectivity index (χ4v) is 1.62. The summed E-state index contributed by atoms with van der Waals surface area (Å²) < 4.78 is 0. The number of thioether (sulfide) groups is 1. The number of aliphatic hydroxyl groups excluding tert-OH is 1. The van der Waals surface area contributed by atoms with Crippen LogP contribution in [0.3, 0.4) is 0 Å². The zero-order valence-corrected chi connectivity index (χ0v) is 9.16. The fourth-order valence-electron chi connectivity index (χ4n) is 0.800. The van der Waals surface area contributed by atoms with Crippen LogP contribution in [0.5, 0.6) is 0 Å². The molecule has 2 nitrogen and oxygen atoms in total. The lowest BCUT2D eigenvalue weighted by molar-refractivity contribution is 0.300. The molecule has 74 valence electrons. The van der Waals surface area contributed by atoms with Crippen LogP contribution in [0.2, 0.25) is 0 Å². The molecule has 0 spiro atoms. The van der Waals surface area contributed by atoms with Gasteiger partial charge in [0.25, 0.3) is 0 Å². The molecule has 0 radical (unpaired) electrons. The zero-order chi connectivity index (χ0) is 9.40. The second kappa shape index (κ2) is 7.90. The van der Waals surface area contributed by atoms with Crippen molar-refractivity contribution in [3.63, 3.8) is 0 Å². The van der Waals surface area contributed by atoms with Gasteiger partial charge in [-0.2, -0.15) is 11.8 Å². The molecule has 0 aromatic rings. The molecule has 0 amide bonds. The molecule has 0 heterocycles. The van der Waals surface area contributed by atoms with Gasteiger partial charge in [0, 0.05) is 11.3 Å². The van der Waals surface area contributed by atoms with E-state index in [-0.39, 0.29) is 0 Å². The number of hydrogen-bond donors (Lipinski definition) is 2. The molecule has 0 rings (SSSR count). The molecule has 0 aliphatic heterocycles. The third kappa shape index (κ3) is 8.37. The fraction of sp³-hybridized carbons (Fsp3) is 1.00. The van der Waals surface area contributed by atoms with Gasteiger partial charge in [-0.1, -0.05) is 20.8 Å². The molecule has 0 aliphatic rings. The first-order valence-corrected chi connectivity index (χ1v) is 5.67. The molecule has 2 N–H and O–H groups in total. The Bertz CT molecular complexity index is 98.5. The van der Waals surface area contributed by atoms with Crippen LogP contribution in [0.25, 0.3) is 0 Å². The number of rotatable bonds is 7. The smallest absolute Gasteiger partial charge is 0.0547 e. The predicted octanol–water partition coefficient (Wildman–Crippen LogP) is 1.49. The summed E-state index contributed by atoms with van der Waals surface area (Å²) in [6, 6.07) is 0.588. The molecule has 0 bridgehead atoms. The van der Waals surface area contributed by atoms with Gasteiger partial charge in [0.2, 0.25) is 0 Å². The summed E-state index contributed by atoms with van der Waals surface area (Å²) in [6.45, 7) is 7.75. The van der Waals surface area contributed by atoms with Gasteiger partial charge in [-0.25, -0.2) is 0 Å². The lowest BCUT2D eigenvalue weighted by Gasteiger charge is -2.09. The third-order valence-electron chi connectivity index (χ3n) is 1.53. The largest absolute Gasteiger partial charge is 0.395 e. The molecule has 12 heavy (non-hydrogen) atoms. The van der Waals surface area contributed by atoms with E-state index in [0.29, 0.717) is 17.9 Å². The number of nitrogens with one attached hydrogen (secondary N) is 1. The van der Waals surface area contributed by atoms with Gasteiger partial charge in [-0.05, 0) is 18.7 Å². The van der Waals surface area contributed by atoms with Gasteiger partial charge >= 0.3 is 0 Å². The van der Waals surface area contributed by atoms with Crippen molar-refractivity contribution < 1.29 is 5.11 Å². The highest BCUT2D eigenvalue weighted by molar-refractivity contribution is 7.99. The monoisotopic (exact) mass is 191 g/mol. The quantitative estimate of drug-likeness (QED) is 0.598. The van der Waals surface area contributed by atoms with Crippen LogP contribution in [-0.2, 0) is 0 Å². The van der Waals surface area contributed by atoms with Crippen LogP contribution >= 0.6 is 11.8 Å². The van der Waals surface area contributed by atoms with E-state index in [9.17, 15) is 0 Å². The minimum atomic E-state index is 0.294. The lowest BCUT2D eigenvalue weighted by Crippen LogP contribution is -2.24. The molecule has 0 saturated heterocycles. The van der Waals surface area contributed by atoms with E-state index in [4.69, 9.17) is 5.11 Å². The van der Waals surface area contributed by atoms with Gasteiger partial charge in [0.1, 0.15) is 0 Å². The van der Waals surface area contributed by atoms with Crippen LogP contribution in [0.1, 0.15) is 27.2 Å². The van der Waals surface area contributed by atoms with Crippen molar-refractivity contribution in [2.45, 2.75) is 38.5 Å². The SMILES string of the molecule is CC(C)NCCCSC(C)CO. The van der Waals surface area contributed by atoms with E-state index in [1.807, 2.05) is 11.8 Å². The highest BCUT2D eigenvalue weighted by Crippen LogP contribution is 2.09. The van der Waals surface area contributed by atoms with Crippen molar-refractivity contribution in [1.82, 2.24) is 5.32 Å². The first kappa shape index (κ1) is 12.3. The second-order valence-corrected chi connectivity index (χ2v) is 4.87. The van der Waals surface area contributed by atoms with Gasteiger partial charge in [-0.15, -0.1) is 0 Å². The minimum absolute atomic E-state index is 0.294. The van der Waals surface area contributed by atoms with Gasteiger partial charge in [-0.3, -0.25) is 0 Å². The Morgan fingerprint density at radius 1 is 1.33 bits per heavy atom. The highest BCUT2D eigenvalue weighted by Gasteiger charge is 1.99. The Morgan fingerprint density at radius 3 is 2.50 bits per heavy atom. The summed E-state index contributed by atoms with van der Waals surface area (Å²) in [5.41, 5.74) is 0. The normalized spacial score (nSPS) is 13.8. The maximum Gasteiger partial charge on any atom is 0.0547 e. The van der Waals surface area contributed by atoms with Crippen molar-refractivity contribution in [2.24, 2.45) is 0 Å². The lowest BCUT2D eigenvalue weighted by atomic mass is 10.4. The molecular formula is C9H21NOS. The summed E-state index contributed by atoms with van der Waals surface area (Å²) in [5, 5.41) is 12.5. The maximum atomic E-state index is 8.74. The number of hydrogen-bond acceptors (Lipinski definition) is 3. The Balaban J connectivity index is 3.00. The minimum Gasteiger partial charge on any atom is -0.395 e. The molecule has 1 atom stereocenters. The Labute approximate surface area is 80.1 Å². The van der Waals surface area contributed by atoms with Crippen molar-refractivity contribution in [3.05, 3.63) is 0 Å². The number of aliphatic hydroxyl groups is 1. The van der Waals surface area contributed by atoms with Crippen LogP contribution in [-0.4, -0.2) is 35.3 Å². The summed E-state index contributed by atoms with van der Waals surface area (Å²) in [6.07, 6.45) is 1.19. The topological polar surface area (TPSA) is 32.3 Å². The van der Waals surface area contributed by atoms with Crippen LogP contribution in [0, 0.1) is 0 Å².